The fourth-order valence-corrected chi connectivity index (χ4v) is 7.48. The number of hydrogen-bond donors (Lipinski definition) is 0. The van der Waals surface area contributed by atoms with Crippen molar-refractivity contribution < 1.29 is 4.39 Å². The van der Waals surface area contributed by atoms with Crippen LogP contribution in [0.5, 0.6) is 0 Å². The van der Waals surface area contributed by atoms with Gasteiger partial charge in [-0.05, 0) is 80.2 Å². The molecule has 0 N–H and O–H groups in total. The minimum Gasteiger partial charge on any atom is -0.300 e. The first-order valence-corrected chi connectivity index (χ1v) is 11.5. The van der Waals surface area contributed by atoms with Crippen molar-refractivity contribution in [3.8, 4) is 0 Å². The molecular weight excluding hydrogens is 359 g/mol. The highest BCUT2D eigenvalue weighted by Gasteiger charge is 2.59. The van der Waals surface area contributed by atoms with E-state index in [0.29, 0.717) is 23.7 Å². The maximum atomic E-state index is 16.8. The number of allylic oxidation sites excluding steroid dienone is 4. The maximum Gasteiger partial charge on any atom is 0.154 e. The zero-order valence-electron chi connectivity index (χ0n) is 17.6. The fourth-order valence-electron chi connectivity index (χ4n) is 7.48. The summed E-state index contributed by atoms with van der Waals surface area (Å²) in [6, 6.07) is 8.09. The van der Waals surface area contributed by atoms with Gasteiger partial charge in [0.15, 0.2) is 5.67 Å². The molecule has 2 aromatic rings. The van der Waals surface area contributed by atoms with Gasteiger partial charge in [-0.15, -0.1) is 0 Å². The molecule has 2 fully saturated rings. The van der Waals surface area contributed by atoms with Crippen molar-refractivity contribution in [3.05, 3.63) is 48.3 Å². The third kappa shape index (κ3) is 2.36. The van der Waals surface area contributed by atoms with Gasteiger partial charge in [0.25, 0.3) is 0 Å². The zero-order chi connectivity index (χ0) is 19.8. The molecule has 0 amide bonds. The summed E-state index contributed by atoms with van der Waals surface area (Å²) in [6.45, 7) is 4.89. The van der Waals surface area contributed by atoms with Gasteiger partial charge in [0.05, 0.1) is 16.7 Å². The van der Waals surface area contributed by atoms with E-state index < -0.39 is 5.67 Å². The summed E-state index contributed by atoms with van der Waals surface area (Å²) >= 11 is 0. The molecule has 2 nitrogen and oxygen atoms in total. The van der Waals surface area contributed by atoms with Gasteiger partial charge >= 0.3 is 0 Å². The number of aromatic nitrogens is 2. The Morgan fingerprint density at radius 2 is 1.93 bits per heavy atom. The summed E-state index contributed by atoms with van der Waals surface area (Å²) < 4.78 is 18.8. The first-order valence-electron chi connectivity index (χ1n) is 11.5. The smallest absolute Gasteiger partial charge is 0.154 e. The van der Waals surface area contributed by atoms with Crippen LogP contribution >= 0.6 is 0 Å². The van der Waals surface area contributed by atoms with E-state index in [1.165, 1.54) is 19.3 Å². The topological polar surface area (TPSA) is 17.8 Å². The standard InChI is InChI=1S/C26H31FN2/c1-17-11-13-25(2)18(15-17)7-8-19-20(25)12-14-26(27)21(19)9-10-24(26)29-16-28-22-5-3-4-6-23(22)29/h3-7,10,16-17,19-21H,8-9,11-15H2,1-2H3/t17?,19?,20?,21?,25-,26+/m0/s1. The monoisotopic (exact) mass is 390 g/mol. The second-order valence-electron chi connectivity index (χ2n) is 10.4. The van der Waals surface area contributed by atoms with E-state index in [-0.39, 0.29) is 5.92 Å². The molecule has 3 heteroatoms. The van der Waals surface area contributed by atoms with Crippen molar-refractivity contribution in [1.29, 1.82) is 0 Å². The molecule has 0 saturated heterocycles. The molecule has 2 saturated carbocycles. The molecule has 6 rings (SSSR count). The predicted octanol–water partition coefficient (Wildman–Crippen LogP) is 6.79. The van der Waals surface area contributed by atoms with Crippen LogP contribution in [0.3, 0.4) is 0 Å². The Morgan fingerprint density at radius 3 is 2.83 bits per heavy atom. The van der Waals surface area contributed by atoms with Crippen molar-refractivity contribution in [3.63, 3.8) is 0 Å². The molecule has 0 spiro atoms. The third-order valence-corrected chi connectivity index (χ3v) is 9.06. The molecule has 0 bridgehead atoms. The highest BCUT2D eigenvalue weighted by molar-refractivity contribution is 5.80. The van der Waals surface area contributed by atoms with E-state index >= 15 is 4.39 Å². The number of para-hydroxylation sites is 2. The fraction of sp³-hybridized carbons (Fsp3) is 0.577. The molecule has 1 aromatic heterocycles. The van der Waals surface area contributed by atoms with Crippen LogP contribution in [0.1, 0.15) is 58.8 Å². The van der Waals surface area contributed by atoms with Gasteiger partial charge in [0.1, 0.15) is 6.33 Å². The van der Waals surface area contributed by atoms with Gasteiger partial charge in [-0.1, -0.05) is 43.7 Å². The molecule has 152 valence electrons. The summed E-state index contributed by atoms with van der Waals surface area (Å²) in [5, 5.41) is 0. The van der Waals surface area contributed by atoms with Crippen LogP contribution in [-0.4, -0.2) is 15.2 Å². The Bertz CT molecular complexity index is 1030. The summed E-state index contributed by atoms with van der Waals surface area (Å²) in [6.07, 6.45) is 14.0. The summed E-state index contributed by atoms with van der Waals surface area (Å²) in [4.78, 5) is 4.53. The second kappa shape index (κ2) is 6.06. The molecule has 4 aliphatic carbocycles. The van der Waals surface area contributed by atoms with Gasteiger partial charge in [0.2, 0.25) is 0 Å². The minimum absolute atomic E-state index is 0.117. The summed E-state index contributed by atoms with van der Waals surface area (Å²) in [7, 11) is 0. The number of hydrogen-bond acceptors (Lipinski definition) is 1. The SMILES string of the molecule is CC1CC[C@@]2(C)C(=CCC3C2CC[C@]2(F)C(n4cnc5ccccc54)=CCC32)C1. The highest BCUT2D eigenvalue weighted by atomic mass is 19.1. The van der Waals surface area contributed by atoms with Crippen molar-refractivity contribution >= 4 is 16.7 Å². The molecular formula is C26H31FN2. The number of benzene rings is 1. The highest BCUT2D eigenvalue weighted by Crippen LogP contribution is 2.64. The Balaban J connectivity index is 1.36. The molecule has 29 heavy (non-hydrogen) atoms. The van der Waals surface area contributed by atoms with Crippen LogP contribution in [0.2, 0.25) is 0 Å². The Kier molecular flexibility index (Phi) is 3.74. The van der Waals surface area contributed by atoms with Crippen molar-refractivity contribution in [2.45, 2.75) is 64.5 Å². The Hall–Kier alpha value is -1.90. The van der Waals surface area contributed by atoms with Crippen LogP contribution < -0.4 is 0 Å². The molecule has 0 radical (unpaired) electrons. The summed E-state index contributed by atoms with van der Waals surface area (Å²) in [5.41, 5.74) is 3.61. The van der Waals surface area contributed by atoms with E-state index in [2.05, 4.69) is 37.0 Å². The molecule has 6 atom stereocenters. The average molecular weight is 391 g/mol. The minimum atomic E-state index is -1.21. The largest absolute Gasteiger partial charge is 0.300 e. The molecule has 1 aromatic carbocycles. The average Bonchev–Trinajstić information content (AvgIpc) is 3.29. The number of rotatable bonds is 1. The third-order valence-electron chi connectivity index (χ3n) is 9.06. The Labute approximate surface area is 172 Å². The molecule has 0 aliphatic heterocycles. The lowest BCUT2D eigenvalue weighted by Crippen LogP contribution is -2.51. The maximum absolute atomic E-state index is 16.8. The zero-order valence-corrected chi connectivity index (χ0v) is 17.6. The van der Waals surface area contributed by atoms with Gasteiger partial charge < -0.3 is 0 Å². The number of fused-ring (bicyclic) bond motifs is 6. The lowest BCUT2D eigenvalue weighted by molar-refractivity contribution is -0.0365. The van der Waals surface area contributed by atoms with Crippen LogP contribution in [0.25, 0.3) is 16.7 Å². The summed E-state index contributed by atoms with van der Waals surface area (Å²) in [5.74, 6) is 2.05. The predicted molar refractivity (Wildman–Crippen MR) is 116 cm³/mol. The van der Waals surface area contributed by atoms with Crippen LogP contribution in [0.4, 0.5) is 4.39 Å². The van der Waals surface area contributed by atoms with E-state index in [0.717, 1.165) is 41.9 Å². The lowest BCUT2D eigenvalue weighted by Gasteiger charge is -2.56. The van der Waals surface area contributed by atoms with Crippen molar-refractivity contribution in [1.82, 2.24) is 9.55 Å². The van der Waals surface area contributed by atoms with Gasteiger partial charge in [0, 0.05) is 5.92 Å². The number of nitrogens with zero attached hydrogens (tertiary/aromatic N) is 2. The van der Waals surface area contributed by atoms with Gasteiger partial charge in [-0.3, -0.25) is 4.57 Å². The molecule has 4 unspecified atom stereocenters. The normalized spacial score (nSPS) is 41.3. The number of imidazole rings is 1. The quantitative estimate of drug-likeness (QED) is 0.490. The van der Waals surface area contributed by atoms with Crippen molar-refractivity contribution in [2.75, 3.05) is 0 Å². The number of alkyl halides is 1. The first-order chi connectivity index (χ1) is 14.0. The van der Waals surface area contributed by atoms with Gasteiger partial charge in [-0.25, -0.2) is 9.37 Å². The first kappa shape index (κ1) is 17.9. The second-order valence-corrected chi connectivity index (χ2v) is 10.4. The van der Waals surface area contributed by atoms with E-state index in [9.17, 15) is 0 Å². The Morgan fingerprint density at radius 1 is 1.07 bits per heavy atom. The lowest BCUT2D eigenvalue weighted by atomic mass is 9.49. The van der Waals surface area contributed by atoms with Crippen LogP contribution in [-0.2, 0) is 0 Å². The van der Waals surface area contributed by atoms with E-state index in [1.54, 1.807) is 5.57 Å². The molecule has 1 heterocycles. The van der Waals surface area contributed by atoms with E-state index in [4.69, 9.17) is 0 Å². The van der Waals surface area contributed by atoms with Crippen molar-refractivity contribution in [2.24, 2.45) is 29.1 Å². The molecule has 4 aliphatic rings. The van der Waals surface area contributed by atoms with Crippen LogP contribution in [0, 0.1) is 29.1 Å². The van der Waals surface area contributed by atoms with Gasteiger partial charge in [-0.2, -0.15) is 0 Å². The number of halogens is 1. The van der Waals surface area contributed by atoms with E-state index in [1.807, 2.05) is 29.1 Å². The van der Waals surface area contributed by atoms with Crippen LogP contribution in [0.15, 0.2) is 48.3 Å².